The first-order valence-corrected chi connectivity index (χ1v) is 8.51. The van der Waals surface area contributed by atoms with E-state index in [1.807, 2.05) is 5.32 Å². The molecule has 1 aliphatic rings. The Balaban J connectivity index is 1.80. The van der Waals surface area contributed by atoms with Crippen LogP contribution in [0.1, 0.15) is 11.1 Å². The summed E-state index contributed by atoms with van der Waals surface area (Å²) in [6.45, 7) is 0. The van der Waals surface area contributed by atoms with Gasteiger partial charge in [-0.2, -0.15) is 0 Å². The molecule has 0 bridgehead atoms. The minimum Gasteiger partial charge on any atom is -0.480 e. The van der Waals surface area contributed by atoms with Crippen LogP contribution in [0.25, 0.3) is 6.08 Å². The third-order valence-corrected chi connectivity index (χ3v) is 4.04. The van der Waals surface area contributed by atoms with Crippen molar-refractivity contribution in [2.75, 3.05) is 0 Å². The first-order chi connectivity index (χ1) is 14.2. The molecule has 1 fully saturated rings. The molecule has 0 saturated carbocycles. The second-order valence-corrected chi connectivity index (χ2v) is 6.23. The molecule has 2 aromatic rings. The molecule has 1 heterocycles. The summed E-state index contributed by atoms with van der Waals surface area (Å²) in [6.07, 6.45) is 0.392. The Bertz CT molecular complexity index is 1060. The zero-order valence-corrected chi connectivity index (χ0v) is 15.2. The molecule has 30 heavy (non-hydrogen) atoms. The molecular formula is C19H15N3O8. The van der Waals surface area contributed by atoms with Gasteiger partial charge in [0.15, 0.2) is 5.76 Å². The van der Waals surface area contributed by atoms with Crippen molar-refractivity contribution in [3.8, 4) is 11.5 Å². The van der Waals surface area contributed by atoms with Crippen LogP contribution in [0.2, 0.25) is 0 Å². The molecule has 154 valence electrons. The van der Waals surface area contributed by atoms with Gasteiger partial charge >= 0.3 is 17.7 Å². The van der Waals surface area contributed by atoms with Crippen molar-refractivity contribution in [3.05, 3.63) is 69.5 Å². The van der Waals surface area contributed by atoms with Gasteiger partial charge in [0.25, 0.3) is 5.91 Å². The van der Waals surface area contributed by atoms with Gasteiger partial charge in [0, 0.05) is 6.07 Å². The molecule has 1 saturated heterocycles. The Hall–Kier alpha value is -4.25. The average Bonchev–Trinajstić information content (AvgIpc) is 3.01. The number of hydrogen-bond donors (Lipinski definition) is 3. The number of cyclic esters (lactones) is 1. The minimum atomic E-state index is -1.12. The normalized spacial score (nSPS) is 15.4. The summed E-state index contributed by atoms with van der Waals surface area (Å²) in [6, 6.07) is 9.20. The highest BCUT2D eigenvalue weighted by molar-refractivity contribution is 6.09. The highest BCUT2D eigenvalue weighted by atomic mass is 16.6. The van der Waals surface area contributed by atoms with Crippen LogP contribution >= 0.6 is 0 Å². The molecule has 4 N–H and O–H groups in total. The number of nitrogens with zero attached hydrogens (tertiary/aromatic N) is 1. The second kappa shape index (κ2) is 8.41. The van der Waals surface area contributed by atoms with Crippen molar-refractivity contribution in [2.24, 2.45) is 5.73 Å². The fourth-order valence-electron chi connectivity index (χ4n) is 2.59. The van der Waals surface area contributed by atoms with Crippen LogP contribution in [0.4, 0.5) is 10.5 Å². The molecule has 1 atom stereocenters. The number of carboxylic acids is 1. The van der Waals surface area contributed by atoms with Gasteiger partial charge in [0.2, 0.25) is 5.75 Å². The molecular weight excluding hydrogens is 398 g/mol. The van der Waals surface area contributed by atoms with Gasteiger partial charge in [-0.05, 0) is 41.8 Å². The van der Waals surface area contributed by atoms with Crippen LogP contribution in [0.5, 0.6) is 11.5 Å². The summed E-state index contributed by atoms with van der Waals surface area (Å²) in [5.74, 6) is -1.90. The maximum Gasteiger partial charge on any atom is 0.419 e. The topological polar surface area (TPSA) is 171 Å². The number of alkyl carbamates (subject to hydrolysis) is 1. The first-order valence-electron chi connectivity index (χ1n) is 8.51. The van der Waals surface area contributed by atoms with Gasteiger partial charge in [0.1, 0.15) is 11.8 Å². The van der Waals surface area contributed by atoms with E-state index in [1.165, 1.54) is 36.4 Å². The first kappa shape index (κ1) is 20.5. The Labute approximate surface area is 168 Å². The van der Waals surface area contributed by atoms with Crippen LogP contribution in [-0.4, -0.2) is 34.0 Å². The summed E-state index contributed by atoms with van der Waals surface area (Å²) >= 11 is 0. The quantitative estimate of drug-likeness (QED) is 0.348. The maximum atomic E-state index is 11.5. The second-order valence-electron chi connectivity index (χ2n) is 6.23. The van der Waals surface area contributed by atoms with Crippen LogP contribution in [0, 0.1) is 10.1 Å². The number of aliphatic carboxylic acids is 1. The number of amides is 2. The standard InChI is InChI=1S/C19H15N3O8/c20-13(18(24)25)7-10-1-4-12(5-2-10)29-15-6-3-11(8-14(15)22(27)28)9-16-17(23)21-19(26)30-16/h1-6,8-9,13H,7,20H2,(H,24,25)(H,21,23,26). The lowest BCUT2D eigenvalue weighted by atomic mass is 10.1. The van der Waals surface area contributed by atoms with Crippen molar-refractivity contribution in [1.29, 1.82) is 0 Å². The number of hydrogen-bond acceptors (Lipinski definition) is 8. The average molecular weight is 413 g/mol. The summed E-state index contributed by atoms with van der Waals surface area (Å²) in [4.78, 5) is 44.2. The molecule has 1 aliphatic heterocycles. The van der Waals surface area contributed by atoms with Crippen LogP contribution in [-0.2, 0) is 20.7 Å². The number of carbonyl (C=O) groups is 3. The van der Waals surface area contributed by atoms with E-state index in [0.717, 1.165) is 0 Å². The number of imide groups is 1. The third kappa shape index (κ3) is 4.77. The minimum absolute atomic E-state index is 0.0509. The van der Waals surface area contributed by atoms with Gasteiger partial charge in [-0.25, -0.2) is 4.79 Å². The molecule has 1 unspecified atom stereocenters. The zero-order valence-electron chi connectivity index (χ0n) is 15.2. The summed E-state index contributed by atoms with van der Waals surface area (Å²) < 4.78 is 10.2. The number of nitro benzene ring substituents is 1. The van der Waals surface area contributed by atoms with E-state index in [-0.39, 0.29) is 29.2 Å². The van der Waals surface area contributed by atoms with E-state index in [1.54, 1.807) is 12.1 Å². The Kier molecular flexibility index (Phi) is 5.74. The number of nitro groups is 1. The molecule has 0 spiro atoms. The predicted octanol–water partition coefficient (Wildman–Crippen LogP) is 1.95. The van der Waals surface area contributed by atoms with Crippen molar-refractivity contribution in [2.45, 2.75) is 12.5 Å². The Morgan fingerprint density at radius 3 is 2.53 bits per heavy atom. The van der Waals surface area contributed by atoms with Crippen molar-refractivity contribution in [3.63, 3.8) is 0 Å². The Morgan fingerprint density at radius 1 is 1.27 bits per heavy atom. The van der Waals surface area contributed by atoms with E-state index in [0.29, 0.717) is 11.3 Å². The van der Waals surface area contributed by atoms with E-state index >= 15 is 0 Å². The molecule has 11 nitrogen and oxygen atoms in total. The van der Waals surface area contributed by atoms with Gasteiger partial charge in [-0.15, -0.1) is 0 Å². The number of nitrogens with two attached hydrogens (primary N) is 1. The maximum absolute atomic E-state index is 11.5. The smallest absolute Gasteiger partial charge is 0.419 e. The highest BCUT2D eigenvalue weighted by Crippen LogP contribution is 2.33. The fraction of sp³-hybridized carbons (Fsp3) is 0.105. The van der Waals surface area contributed by atoms with Crippen LogP contribution < -0.4 is 15.8 Å². The fourth-order valence-corrected chi connectivity index (χ4v) is 2.59. The SMILES string of the molecule is NC(Cc1ccc(Oc2ccc(C=C3OC(=O)NC3=O)cc2[N+](=O)[O-])cc1)C(=O)O. The third-order valence-electron chi connectivity index (χ3n) is 4.04. The summed E-state index contributed by atoms with van der Waals surface area (Å²) in [5.41, 5.74) is 6.04. The van der Waals surface area contributed by atoms with Crippen LogP contribution in [0.3, 0.4) is 0 Å². The number of ether oxygens (including phenoxy) is 2. The Morgan fingerprint density at radius 2 is 1.97 bits per heavy atom. The van der Waals surface area contributed by atoms with Crippen molar-refractivity contribution >= 4 is 29.7 Å². The molecule has 2 aromatic carbocycles. The van der Waals surface area contributed by atoms with E-state index in [9.17, 15) is 24.5 Å². The number of carbonyl (C=O) groups excluding carboxylic acids is 2. The molecule has 2 amide bonds. The lowest BCUT2D eigenvalue weighted by molar-refractivity contribution is -0.385. The zero-order chi connectivity index (χ0) is 21.8. The summed E-state index contributed by atoms with van der Waals surface area (Å²) in [7, 11) is 0. The van der Waals surface area contributed by atoms with Gasteiger partial charge in [-0.1, -0.05) is 18.2 Å². The monoisotopic (exact) mass is 413 g/mol. The molecule has 11 heteroatoms. The molecule has 0 aromatic heterocycles. The number of benzene rings is 2. The van der Waals surface area contributed by atoms with Crippen LogP contribution in [0.15, 0.2) is 48.2 Å². The number of nitrogens with one attached hydrogen (secondary N) is 1. The van der Waals surface area contributed by atoms with E-state index < -0.39 is 28.9 Å². The van der Waals surface area contributed by atoms with E-state index in [2.05, 4.69) is 4.74 Å². The van der Waals surface area contributed by atoms with E-state index in [4.69, 9.17) is 15.6 Å². The predicted molar refractivity (Wildman–Crippen MR) is 102 cm³/mol. The van der Waals surface area contributed by atoms with Gasteiger partial charge in [0.05, 0.1) is 4.92 Å². The molecule has 0 aliphatic carbocycles. The molecule has 3 rings (SSSR count). The van der Waals surface area contributed by atoms with Crippen molar-refractivity contribution < 1.29 is 33.9 Å². The lowest BCUT2D eigenvalue weighted by Crippen LogP contribution is -2.32. The van der Waals surface area contributed by atoms with Crippen molar-refractivity contribution in [1.82, 2.24) is 5.32 Å². The largest absolute Gasteiger partial charge is 0.480 e. The number of rotatable bonds is 7. The molecule has 0 radical (unpaired) electrons. The highest BCUT2D eigenvalue weighted by Gasteiger charge is 2.26. The van der Waals surface area contributed by atoms with Gasteiger partial charge < -0.3 is 20.3 Å². The lowest BCUT2D eigenvalue weighted by Gasteiger charge is -2.09. The van der Waals surface area contributed by atoms with Gasteiger partial charge in [-0.3, -0.25) is 25.0 Å². The number of carboxylic acid groups (broad SMARTS) is 1. The summed E-state index contributed by atoms with van der Waals surface area (Å²) in [5, 5.41) is 22.2.